The van der Waals surface area contributed by atoms with Gasteiger partial charge >= 0.3 is 6.18 Å². The zero-order valence-electron chi connectivity index (χ0n) is 20.7. The van der Waals surface area contributed by atoms with Gasteiger partial charge in [0.15, 0.2) is 0 Å². The number of ether oxygens (including phenoxy) is 2. The van der Waals surface area contributed by atoms with Crippen LogP contribution in [0.2, 0.25) is 0 Å². The Morgan fingerprint density at radius 2 is 1.62 bits per heavy atom. The lowest BCUT2D eigenvalue weighted by molar-refractivity contribution is -0.139. The van der Waals surface area contributed by atoms with Crippen LogP contribution in [0.25, 0.3) is 16.8 Å². The monoisotopic (exact) mass is 549 g/mol. The quantitative estimate of drug-likeness (QED) is 0.479. The van der Waals surface area contributed by atoms with Crippen LogP contribution >= 0.6 is 0 Å². The Morgan fingerprint density at radius 3 is 2.38 bits per heavy atom. The van der Waals surface area contributed by atoms with E-state index in [0.29, 0.717) is 56.8 Å². The van der Waals surface area contributed by atoms with Crippen molar-refractivity contribution in [1.82, 2.24) is 9.91 Å². The first-order valence-corrected chi connectivity index (χ1v) is 12.7. The molecule has 4 aliphatic rings. The molecule has 3 heterocycles. The molecule has 0 bridgehead atoms. The van der Waals surface area contributed by atoms with Crippen molar-refractivity contribution in [3.63, 3.8) is 0 Å². The van der Waals surface area contributed by atoms with E-state index in [2.05, 4.69) is 0 Å². The van der Waals surface area contributed by atoms with Gasteiger partial charge in [0.1, 0.15) is 17.5 Å². The van der Waals surface area contributed by atoms with Crippen molar-refractivity contribution in [3.05, 3.63) is 83.2 Å². The van der Waals surface area contributed by atoms with E-state index in [0.717, 1.165) is 6.07 Å². The lowest BCUT2D eigenvalue weighted by Crippen LogP contribution is -2.59. The molecule has 2 aromatic rings. The van der Waals surface area contributed by atoms with Gasteiger partial charge in [-0.2, -0.15) is 13.2 Å². The second kappa shape index (κ2) is 10.0. The summed E-state index contributed by atoms with van der Waals surface area (Å²) in [5.41, 5.74) is -1.80. The van der Waals surface area contributed by atoms with Crippen molar-refractivity contribution in [3.8, 4) is 11.1 Å². The van der Waals surface area contributed by atoms with Gasteiger partial charge in [-0.1, -0.05) is 24.3 Å². The van der Waals surface area contributed by atoms with Crippen molar-refractivity contribution < 1.29 is 35.8 Å². The Bertz CT molecular complexity index is 1370. The van der Waals surface area contributed by atoms with E-state index in [9.17, 15) is 22.0 Å². The maximum Gasteiger partial charge on any atom is 0.419 e. The minimum absolute atomic E-state index is 0.123. The van der Waals surface area contributed by atoms with Crippen LogP contribution in [0.3, 0.4) is 0 Å². The summed E-state index contributed by atoms with van der Waals surface area (Å²) in [6, 6.07) is 2.99. The molecule has 0 amide bonds. The normalized spacial score (nSPS) is 23.5. The molecule has 0 radical (unpaired) electrons. The zero-order chi connectivity index (χ0) is 27.3. The number of rotatable bonds is 3. The maximum absolute atomic E-state index is 15.8. The number of fused-ring (bicyclic) bond motifs is 2. The van der Waals surface area contributed by atoms with Crippen molar-refractivity contribution in [2.75, 3.05) is 51.0 Å². The molecule has 2 aromatic carbocycles. The van der Waals surface area contributed by atoms with Gasteiger partial charge in [-0.3, -0.25) is 5.01 Å². The Hall–Kier alpha value is -3.28. The number of benzene rings is 2. The van der Waals surface area contributed by atoms with Gasteiger partial charge in [-0.05, 0) is 24.3 Å². The molecule has 2 saturated heterocycles. The fourth-order valence-electron chi connectivity index (χ4n) is 5.78. The highest BCUT2D eigenvalue weighted by molar-refractivity contribution is 5.91. The predicted octanol–water partition coefficient (Wildman–Crippen LogP) is 5.39. The maximum atomic E-state index is 15.8. The lowest BCUT2D eigenvalue weighted by Gasteiger charge is -2.49. The summed E-state index contributed by atoms with van der Waals surface area (Å²) in [5.74, 6) is -4.04. The van der Waals surface area contributed by atoms with E-state index in [4.69, 9.17) is 9.47 Å². The van der Waals surface area contributed by atoms with E-state index < -0.39 is 40.3 Å². The summed E-state index contributed by atoms with van der Waals surface area (Å²) in [7, 11) is 0. The Morgan fingerprint density at radius 1 is 0.846 bits per heavy atom. The van der Waals surface area contributed by atoms with E-state index in [1.165, 1.54) is 6.07 Å². The SMILES string of the molecule is Fc1cc(F)c(C(F)(F)F)c(-c2c(F)ccc3c2N(N2CCOC4C=CC=CC42)CC=C3N2CCOCC2)c1. The average molecular weight is 550 g/mol. The fourth-order valence-corrected chi connectivity index (χ4v) is 5.78. The van der Waals surface area contributed by atoms with Crippen molar-refractivity contribution in [1.29, 1.82) is 0 Å². The van der Waals surface area contributed by atoms with Crippen LogP contribution in [0, 0.1) is 17.5 Å². The Labute approximate surface area is 221 Å². The lowest BCUT2D eigenvalue weighted by atomic mass is 9.91. The number of alkyl halides is 3. The molecule has 0 saturated carbocycles. The van der Waals surface area contributed by atoms with Gasteiger partial charge in [-0.25, -0.2) is 18.2 Å². The molecule has 206 valence electrons. The number of hydrazine groups is 1. The van der Waals surface area contributed by atoms with Gasteiger partial charge in [-0.15, -0.1) is 0 Å². The van der Waals surface area contributed by atoms with E-state index in [-0.39, 0.29) is 30.4 Å². The average Bonchev–Trinajstić information content (AvgIpc) is 2.91. The molecule has 0 aromatic heterocycles. The van der Waals surface area contributed by atoms with Crippen LogP contribution in [-0.2, 0) is 15.7 Å². The molecule has 2 fully saturated rings. The summed E-state index contributed by atoms with van der Waals surface area (Å²) in [6.45, 7) is 2.91. The van der Waals surface area contributed by atoms with Gasteiger partial charge in [0.05, 0.1) is 49.8 Å². The molecule has 6 rings (SSSR count). The number of allylic oxidation sites excluding steroid dienone is 2. The second-order valence-corrected chi connectivity index (χ2v) is 9.66. The first kappa shape index (κ1) is 26.0. The summed E-state index contributed by atoms with van der Waals surface area (Å²) in [6.07, 6.45) is 3.93. The molecule has 0 N–H and O–H groups in total. The highest BCUT2D eigenvalue weighted by atomic mass is 19.4. The zero-order valence-corrected chi connectivity index (χ0v) is 20.7. The van der Waals surface area contributed by atoms with E-state index >= 15 is 4.39 Å². The van der Waals surface area contributed by atoms with Crippen LogP contribution in [0.15, 0.2) is 54.6 Å². The number of anilines is 1. The third-order valence-electron chi connectivity index (χ3n) is 7.42. The summed E-state index contributed by atoms with van der Waals surface area (Å²) in [4.78, 5) is 2.03. The molecule has 11 heteroatoms. The molecule has 5 nitrogen and oxygen atoms in total. The summed E-state index contributed by atoms with van der Waals surface area (Å²) >= 11 is 0. The van der Waals surface area contributed by atoms with Crippen LogP contribution < -0.4 is 5.01 Å². The Kier molecular flexibility index (Phi) is 6.68. The smallest absolute Gasteiger partial charge is 0.378 e. The predicted molar refractivity (Wildman–Crippen MR) is 133 cm³/mol. The molecule has 2 atom stereocenters. The minimum atomic E-state index is -5.19. The number of halogens is 6. The van der Waals surface area contributed by atoms with Gasteiger partial charge in [0, 0.05) is 48.1 Å². The number of morpholine rings is 2. The molecule has 0 spiro atoms. The summed E-state index contributed by atoms with van der Waals surface area (Å²) < 4.78 is 98.8. The molecule has 1 aliphatic carbocycles. The van der Waals surface area contributed by atoms with Gasteiger partial charge in [0.2, 0.25) is 0 Å². The first-order chi connectivity index (χ1) is 18.7. The molecular formula is C28H25F6N3O2. The second-order valence-electron chi connectivity index (χ2n) is 9.66. The molecule has 39 heavy (non-hydrogen) atoms. The molecular weight excluding hydrogens is 524 g/mol. The topological polar surface area (TPSA) is 28.2 Å². The van der Waals surface area contributed by atoms with Crippen molar-refractivity contribution in [2.24, 2.45) is 0 Å². The van der Waals surface area contributed by atoms with E-state index in [1.54, 1.807) is 5.01 Å². The third-order valence-corrected chi connectivity index (χ3v) is 7.42. The van der Waals surface area contributed by atoms with Gasteiger partial charge < -0.3 is 14.4 Å². The van der Waals surface area contributed by atoms with Crippen molar-refractivity contribution in [2.45, 2.75) is 18.3 Å². The number of hydrogen-bond acceptors (Lipinski definition) is 5. The number of nitrogens with zero attached hydrogens (tertiary/aromatic N) is 3. The minimum Gasteiger partial charge on any atom is -0.378 e. The number of hydrogen-bond donors (Lipinski definition) is 0. The third kappa shape index (κ3) is 4.62. The molecule has 3 aliphatic heterocycles. The molecule has 2 unspecified atom stereocenters. The summed E-state index contributed by atoms with van der Waals surface area (Å²) in [5, 5.41) is 3.63. The van der Waals surface area contributed by atoms with Crippen LogP contribution in [0.5, 0.6) is 0 Å². The first-order valence-electron chi connectivity index (χ1n) is 12.7. The van der Waals surface area contributed by atoms with Gasteiger partial charge in [0.25, 0.3) is 0 Å². The highest BCUT2D eigenvalue weighted by Gasteiger charge is 2.42. The van der Waals surface area contributed by atoms with E-state index in [1.807, 2.05) is 40.3 Å². The van der Waals surface area contributed by atoms with Crippen LogP contribution in [0.4, 0.5) is 32.0 Å². The Balaban J connectivity index is 1.59. The largest absolute Gasteiger partial charge is 0.419 e. The van der Waals surface area contributed by atoms with Crippen LogP contribution in [-0.4, -0.2) is 68.1 Å². The highest BCUT2D eigenvalue weighted by Crippen LogP contribution is 2.48. The van der Waals surface area contributed by atoms with Crippen LogP contribution in [0.1, 0.15) is 11.1 Å². The fraction of sp³-hybridized carbons (Fsp3) is 0.357. The standard InChI is InChI=1S/C28H25F6N3O2/c29-17-15-19(26(21(31)16-17)28(32,33)34)25-20(30)6-5-18-22(35-9-12-38-13-10-35)7-8-37(27(18)25)36-11-14-39-24-4-2-1-3-23(24)36/h1-7,15-16,23-24H,8-14H2. The van der Waals surface area contributed by atoms with Crippen molar-refractivity contribution >= 4 is 11.4 Å².